The van der Waals surface area contributed by atoms with E-state index in [9.17, 15) is 8.42 Å². The lowest BCUT2D eigenvalue weighted by molar-refractivity contribution is 0.584. The van der Waals surface area contributed by atoms with Crippen molar-refractivity contribution < 1.29 is 8.42 Å². The van der Waals surface area contributed by atoms with Crippen LogP contribution < -0.4 is 10.0 Å². The Balaban J connectivity index is 1.98. The third-order valence-corrected chi connectivity index (χ3v) is 6.46. The summed E-state index contributed by atoms with van der Waals surface area (Å²) in [5.41, 5.74) is 0. The van der Waals surface area contributed by atoms with Gasteiger partial charge in [-0.3, -0.25) is 0 Å². The third kappa shape index (κ3) is 4.39. The summed E-state index contributed by atoms with van der Waals surface area (Å²) in [6.07, 6.45) is 0. The first-order valence-electron chi connectivity index (χ1n) is 6.31. The maximum absolute atomic E-state index is 12.2. The molecule has 0 amide bonds. The van der Waals surface area contributed by atoms with Crippen molar-refractivity contribution in [3.63, 3.8) is 0 Å². The van der Waals surface area contributed by atoms with Crippen molar-refractivity contribution in [1.82, 2.24) is 10.0 Å². The standard InChI is InChI=1S/C13H18N2O2S3/c1-10(2)14-8-12-5-6-13(19-12)20(16,17)15-9-11-4-3-7-18-11/h3-7,10,14-15H,8-9H2,1-2H3. The van der Waals surface area contributed by atoms with Crippen LogP contribution in [-0.2, 0) is 23.1 Å². The molecule has 0 atom stereocenters. The molecule has 0 aliphatic heterocycles. The molecular formula is C13H18N2O2S3. The van der Waals surface area contributed by atoms with Gasteiger partial charge < -0.3 is 5.32 Å². The summed E-state index contributed by atoms with van der Waals surface area (Å²) in [4.78, 5) is 2.03. The first-order valence-corrected chi connectivity index (χ1v) is 9.49. The molecule has 2 N–H and O–H groups in total. The zero-order valence-corrected chi connectivity index (χ0v) is 13.9. The van der Waals surface area contributed by atoms with Crippen LogP contribution in [0.3, 0.4) is 0 Å². The molecule has 0 fully saturated rings. The monoisotopic (exact) mass is 330 g/mol. The Morgan fingerprint density at radius 1 is 1.15 bits per heavy atom. The highest BCUT2D eigenvalue weighted by atomic mass is 32.2. The van der Waals surface area contributed by atoms with E-state index in [0.717, 1.165) is 9.75 Å². The molecule has 20 heavy (non-hydrogen) atoms. The summed E-state index contributed by atoms with van der Waals surface area (Å²) < 4.78 is 27.3. The van der Waals surface area contributed by atoms with E-state index in [2.05, 4.69) is 23.9 Å². The molecule has 0 bridgehead atoms. The first kappa shape index (κ1) is 15.7. The van der Waals surface area contributed by atoms with Crippen molar-refractivity contribution in [1.29, 1.82) is 0 Å². The molecule has 0 aliphatic rings. The minimum Gasteiger partial charge on any atom is -0.310 e. The number of hydrogen-bond donors (Lipinski definition) is 2. The van der Waals surface area contributed by atoms with E-state index in [1.54, 1.807) is 17.4 Å². The van der Waals surface area contributed by atoms with Gasteiger partial charge in [0.2, 0.25) is 10.0 Å². The van der Waals surface area contributed by atoms with Crippen LogP contribution in [0.2, 0.25) is 0 Å². The van der Waals surface area contributed by atoms with Gasteiger partial charge in [0.1, 0.15) is 4.21 Å². The average molecular weight is 330 g/mol. The fourth-order valence-corrected chi connectivity index (χ4v) is 4.65. The fraction of sp³-hybridized carbons (Fsp3) is 0.385. The van der Waals surface area contributed by atoms with Crippen LogP contribution in [0.5, 0.6) is 0 Å². The van der Waals surface area contributed by atoms with Gasteiger partial charge in [-0.2, -0.15) is 0 Å². The Labute approximate surface area is 127 Å². The topological polar surface area (TPSA) is 58.2 Å². The van der Waals surface area contributed by atoms with Crippen LogP contribution in [0.1, 0.15) is 23.6 Å². The summed E-state index contributed by atoms with van der Waals surface area (Å²) in [5, 5.41) is 5.21. The molecule has 0 saturated heterocycles. The van der Waals surface area contributed by atoms with Crippen molar-refractivity contribution >= 4 is 32.7 Å². The van der Waals surface area contributed by atoms with Crippen molar-refractivity contribution in [2.75, 3.05) is 0 Å². The molecule has 0 spiro atoms. The van der Waals surface area contributed by atoms with E-state index in [-0.39, 0.29) is 0 Å². The first-order chi connectivity index (χ1) is 9.47. The maximum Gasteiger partial charge on any atom is 0.250 e. The van der Waals surface area contributed by atoms with Crippen molar-refractivity contribution in [2.45, 2.75) is 37.2 Å². The molecule has 0 aliphatic carbocycles. The zero-order chi connectivity index (χ0) is 14.6. The maximum atomic E-state index is 12.2. The van der Waals surface area contributed by atoms with Gasteiger partial charge in [0.15, 0.2) is 0 Å². The highest BCUT2D eigenvalue weighted by molar-refractivity contribution is 7.91. The van der Waals surface area contributed by atoms with E-state index >= 15 is 0 Å². The van der Waals surface area contributed by atoms with E-state index in [0.29, 0.717) is 23.3 Å². The Hall–Kier alpha value is -0.730. The molecular weight excluding hydrogens is 312 g/mol. The third-order valence-electron chi connectivity index (χ3n) is 2.60. The molecule has 2 rings (SSSR count). The Kier molecular flexibility index (Phi) is 5.34. The SMILES string of the molecule is CC(C)NCc1ccc(S(=O)(=O)NCc2cccs2)s1. The Morgan fingerprint density at radius 2 is 1.95 bits per heavy atom. The molecule has 2 aromatic heterocycles. The van der Waals surface area contributed by atoms with Gasteiger partial charge in [-0.1, -0.05) is 19.9 Å². The number of thiophene rings is 2. The minimum absolute atomic E-state index is 0.345. The van der Waals surface area contributed by atoms with Gasteiger partial charge in [0.05, 0.1) is 0 Å². The second-order valence-electron chi connectivity index (χ2n) is 4.66. The van der Waals surface area contributed by atoms with Crippen molar-refractivity contribution in [3.8, 4) is 0 Å². The molecule has 0 unspecified atom stereocenters. The second-order valence-corrected chi connectivity index (χ2v) is 8.85. The molecule has 7 heteroatoms. The van der Waals surface area contributed by atoms with Gasteiger partial charge >= 0.3 is 0 Å². The van der Waals surface area contributed by atoms with Crippen LogP contribution in [0.25, 0.3) is 0 Å². The number of rotatable bonds is 7. The fourth-order valence-electron chi connectivity index (χ4n) is 1.55. The van der Waals surface area contributed by atoms with Crippen LogP contribution in [0.4, 0.5) is 0 Å². The molecule has 2 aromatic rings. The predicted molar refractivity (Wildman–Crippen MR) is 84.6 cm³/mol. The zero-order valence-electron chi connectivity index (χ0n) is 11.4. The van der Waals surface area contributed by atoms with E-state index < -0.39 is 10.0 Å². The van der Waals surface area contributed by atoms with Crippen LogP contribution >= 0.6 is 22.7 Å². The lowest BCUT2D eigenvalue weighted by Crippen LogP contribution is -2.22. The lowest BCUT2D eigenvalue weighted by atomic mass is 10.4. The molecule has 110 valence electrons. The summed E-state index contributed by atoms with van der Waals surface area (Å²) in [5.74, 6) is 0. The van der Waals surface area contributed by atoms with Gasteiger partial charge in [-0.25, -0.2) is 13.1 Å². The van der Waals surface area contributed by atoms with E-state index in [1.165, 1.54) is 11.3 Å². The van der Waals surface area contributed by atoms with Crippen LogP contribution in [0.15, 0.2) is 33.9 Å². The minimum atomic E-state index is -3.41. The van der Waals surface area contributed by atoms with E-state index in [4.69, 9.17) is 0 Å². The highest BCUT2D eigenvalue weighted by Crippen LogP contribution is 2.22. The largest absolute Gasteiger partial charge is 0.310 e. The molecule has 2 heterocycles. The van der Waals surface area contributed by atoms with Crippen molar-refractivity contribution in [2.24, 2.45) is 0 Å². The van der Waals surface area contributed by atoms with Crippen LogP contribution in [0, 0.1) is 0 Å². The predicted octanol–water partition coefficient (Wildman–Crippen LogP) is 2.79. The highest BCUT2D eigenvalue weighted by Gasteiger charge is 2.16. The number of sulfonamides is 1. The van der Waals surface area contributed by atoms with Gasteiger partial charge in [-0.05, 0) is 23.6 Å². The molecule has 4 nitrogen and oxygen atoms in total. The Bertz CT molecular complexity index is 630. The normalized spacial score (nSPS) is 12.2. The van der Waals surface area contributed by atoms with Gasteiger partial charge in [0.25, 0.3) is 0 Å². The number of hydrogen-bond acceptors (Lipinski definition) is 5. The van der Waals surface area contributed by atoms with Gasteiger partial charge in [-0.15, -0.1) is 22.7 Å². The van der Waals surface area contributed by atoms with Crippen LogP contribution in [-0.4, -0.2) is 14.5 Å². The average Bonchev–Trinajstić information content (AvgIpc) is 3.05. The molecule has 0 saturated carbocycles. The molecule has 0 radical (unpaired) electrons. The van der Waals surface area contributed by atoms with Gasteiger partial charge in [0, 0.05) is 28.9 Å². The second kappa shape index (κ2) is 6.82. The van der Waals surface area contributed by atoms with Crippen molar-refractivity contribution in [3.05, 3.63) is 39.4 Å². The summed E-state index contributed by atoms with van der Waals surface area (Å²) >= 11 is 2.85. The summed E-state index contributed by atoms with van der Waals surface area (Å²) in [7, 11) is -3.41. The van der Waals surface area contributed by atoms with E-state index in [1.807, 2.05) is 23.6 Å². The summed E-state index contributed by atoms with van der Waals surface area (Å²) in [6, 6.07) is 7.74. The Morgan fingerprint density at radius 3 is 2.60 bits per heavy atom. The lowest BCUT2D eigenvalue weighted by Gasteiger charge is -2.05. The summed E-state index contributed by atoms with van der Waals surface area (Å²) in [6.45, 7) is 5.17. The quantitative estimate of drug-likeness (QED) is 0.821. The smallest absolute Gasteiger partial charge is 0.250 e. The number of nitrogens with one attached hydrogen (secondary N) is 2. The molecule has 0 aromatic carbocycles.